The smallest absolute Gasteiger partial charge is 0.307 e. The second-order valence-corrected chi connectivity index (χ2v) is 3.77. The standard InChI is InChI=1S/C12H15N3O2/c1-2-17-12(16)5-6-15-8-9-7-10(13)3-4-11(9)14-15/h3-4,7-8H,2,5-6,13H2,1H3. The number of hydrogen-bond acceptors (Lipinski definition) is 4. The van der Waals surface area contributed by atoms with Gasteiger partial charge < -0.3 is 10.5 Å². The van der Waals surface area contributed by atoms with E-state index in [1.165, 1.54) is 0 Å². The summed E-state index contributed by atoms with van der Waals surface area (Å²) in [5.41, 5.74) is 7.27. The molecule has 1 aromatic carbocycles. The Hall–Kier alpha value is -2.04. The molecule has 5 nitrogen and oxygen atoms in total. The zero-order chi connectivity index (χ0) is 12.3. The van der Waals surface area contributed by atoms with Gasteiger partial charge in [-0.2, -0.15) is 5.10 Å². The van der Waals surface area contributed by atoms with E-state index in [2.05, 4.69) is 5.10 Å². The van der Waals surface area contributed by atoms with Crippen LogP contribution in [0, 0.1) is 0 Å². The molecule has 0 aliphatic carbocycles. The zero-order valence-corrected chi connectivity index (χ0v) is 9.72. The minimum absolute atomic E-state index is 0.202. The topological polar surface area (TPSA) is 70.1 Å². The number of fused-ring (bicyclic) bond motifs is 1. The van der Waals surface area contributed by atoms with E-state index in [-0.39, 0.29) is 5.97 Å². The maximum Gasteiger partial charge on any atom is 0.307 e. The number of esters is 1. The number of anilines is 1. The van der Waals surface area contributed by atoms with Gasteiger partial charge in [0.25, 0.3) is 0 Å². The van der Waals surface area contributed by atoms with Gasteiger partial charge in [-0.05, 0) is 25.1 Å². The summed E-state index contributed by atoms with van der Waals surface area (Å²) in [7, 11) is 0. The van der Waals surface area contributed by atoms with Gasteiger partial charge in [0.2, 0.25) is 0 Å². The largest absolute Gasteiger partial charge is 0.466 e. The van der Waals surface area contributed by atoms with Gasteiger partial charge in [-0.15, -0.1) is 0 Å². The molecule has 2 N–H and O–H groups in total. The molecule has 0 saturated carbocycles. The molecule has 0 unspecified atom stereocenters. The predicted molar refractivity (Wildman–Crippen MR) is 65.4 cm³/mol. The van der Waals surface area contributed by atoms with Crippen LogP contribution in [0.15, 0.2) is 24.4 Å². The van der Waals surface area contributed by atoms with Gasteiger partial charge in [0, 0.05) is 17.3 Å². The summed E-state index contributed by atoms with van der Waals surface area (Å²) in [4.78, 5) is 11.2. The van der Waals surface area contributed by atoms with Crippen LogP contribution in [0.5, 0.6) is 0 Å². The third kappa shape index (κ3) is 2.75. The summed E-state index contributed by atoms with van der Waals surface area (Å²) < 4.78 is 6.59. The quantitative estimate of drug-likeness (QED) is 0.642. The molecule has 0 radical (unpaired) electrons. The van der Waals surface area contributed by atoms with E-state index in [4.69, 9.17) is 10.5 Å². The number of benzene rings is 1. The minimum atomic E-state index is -0.202. The highest BCUT2D eigenvalue weighted by Crippen LogP contribution is 2.15. The fraction of sp³-hybridized carbons (Fsp3) is 0.333. The number of carbonyl (C=O) groups is 1. The van der Waals surface area contributed by atoms with Gasteiger partial charge in [0.1, 0.15) is 0 Å². The van der Waals surface area contributed by atoms with Gasteiger partial charge in [-0.3, -0.25) is 9.48 Å². The monoisotopic (exact) mass is 233 g/mol. The first-order valence-corrected chi connectivity index (χ1v) is 5.57. The molecule has 5 heteroatoms. The van der Waals surface area contributed by atoms with E-state index in [1.54, 1.807) is 11.6 Å². The highest BCUT2D eigenvalue weighted by atomic mass is 16.5. The summed E-state index contributed by atoms with van der Waals surface area (Å²) in [5.74, 6) is -0.202. The van der Waals surface area contributed by atoms with E-state index >= 15 is 0 Å². The fourth-order valence-corrected chi connectivity index (χ4v) is 1.65. The van der Waals surface area contributed by atoms with Gasteiger partial charge in [0.15, 0.2) is 0 Å². The Morgan fingerprint density at radius 3 is 3.12 bits per heavy atom. The van der Waals surface area contributed by atoms with Crippen LogP contribution >= 0.6 is 0 Å². The molecule has 0 saturated heterocycles. The van der Waals surface area contributed by atoms with Crippen molar-refractivity contribution >= 4 is 22.6 Å². The Kier molecular flexibility index (Phi) is 3.27. The SMILES string of the molecule is CCOC(=O)CCn1cc2cc(N)ccc2n1. The average Bonchev–Trinajstić information content (AvgIpc) is 2.68. The third-order valence-corrected chi connectivity index (χ3v) is 2.43. The van der Waals surface area contributed by atoms with Crippen LogP contribution in [-0.4, -0.2) is 22.4 Å². The molecule has 0 bridgehead atoms. The normalized spacial score (nSPS) is 10.6. The Labute approximate surface area is 99.2 Å². The number of rotatable bonds is 4. The van der Waals surface area contributed by atoms with Crippen LogP contribution in [0.2, 0.25) is 0 Å². The summed E-state index contributed by atoms with van der Waals surface area (Å²) in [6.07, 6.45) is 2.21. The Morgan fingerprint density at radius 2 is 2.35 bits per heavy atom. The van der Waals surface area contributed by atoms with Crippen LogP contribution in [0.1, 0.15) is 13.3 Å². The molecule has 0 atom stereocenters. The molecule has 17 heavy (non-hydrogen) atoms. The van der Waals surface area contributed by atoms with Crippen molar-refractivity contribution in [3.63, 3.8) is 0 Å². The summed E-state index contributed by atoms with van der Waals surface area (Å²) in [6, 6.07) is 5.54. The first-order chi connectivity index (χ1) is 8.19. The lowest BCUT2D eigenvalue weighted by Gasteiger charge is -2.01. The number of carbonyl (C=O) groups excluding carboxylic acids is 1. The molecule has 0 fully saturated rings. The molecule has 90 valence electrons. The van der Waals surface area contributed by atoms with Crippen LogP contribution < -0.4 is 5.73 Å². The molecule has 1 aromatic heterocycles. The fourth-order valence-electron chi connectivity index (χ4n) is 1.65. The van der Waals surface area contributed by atoms with E-state index in [1.807, 2.05) is 24.4 Å². The summed E-state index contributed by atoms with van der Waals surface area (Å²) >= 11 is 0. The van der Waals surface area contributed by atoms with Crippen molar-refractivity contribution in [2.24, 2.45) is 0 Å². The van der Waals surface area contributed by atoms with Gasteiger partial charge in [-0.25, -0.2) is 0 Å². The first-order valence-electron chi connectivity index (χ1n) is 5.57. The summed E-state index contributed by atoms with van der Waals surface area (Å²) in [6.45, 7) is 2.73. The second-order valence-electron chi connectivity index (χ2n) is 3.77. The van der Waals surface area contributed by atoms with Gasteiger partial charge in [-0.1, -0.05) is 0 Å². The van der Waals surface area contributed by atoms with Crippen molar-refractivity contribution in [1.29, 1.82) is 0 Å². The number of aromatic nitrogens is 2. The first kappa shape index (κ1) is 11.4. The van der Waals surface area contributed by atoms with Crippen LogP contribution in [-0.2, 0) is 16.1 Å². The maximum atomic E-state index is 11.2. The van der Waals surface area contributed by atoms with E-state index in [0.29, 0.717) is 25.3 Å². The highest BCUT2D eigenvalue weighted by molar-refractivity contribution is 5.81. The zero-order valence-electron chi connectivity index (χ0n) is 9.72. The van der Waals surface area contributed by atoms with Crippen molar-refractivity contribution in [1.82, 2.24) is 9.78 Å². The van der Waals surface area contributed by atoms with Crippen LogP contribution in [0.3, 0.4) is 0 Å². The number of aryl methyl sites for hydroxylation is 1. The minimum Gasteiger partial charge on any atom is -0.466 e. The lowest BCUT2D eigenvalue weighted by Crippen LogP contribution is -2.09. The van der Waals surface area contributed by atoms with Crippen molar-refractivity contribution in [2.45, 2.75) is 19.9 Å². The van der Waals surface area contributed by atoms with E-state index in [0.717, 1.165) is 10.9 Å². The molecule has 1 heterocycles. The van der Waals surface area contributed by atoms with Crippen LogP contribution in [0.4, 0.5) is 5.69 Å². The van der Waals surface area contributed by atoms with Crippen molar-refractivity contribution < 1.29 is 9.53 Å². The molecule has 0 aliphatic rings. The molecule has 0 aliphatic heterocycles. The number of ether oxygens (including phenoxy) is 1. The van der Waals surface area contributed by atoms with Gasteiger partial charge in [0.05, 0.1) is 25.1 Å². The Bertz CT molecular complexity index is 534. The molecule has 0 spiro atoms. The number of nitrogens with zero attached hydrogens (tertiary/aromatic N) is 2. The number of nitrogens with two attached hydrogens (primary N) is 1. The Balaban J connectivity index is 2.07. The van der Waals surface area contributed by atoms with Crippen molar-refractivity contribution in [3.05, 3.63) is 24.4 Å². The van der Waals surface area contributed by atoms with E-state index in [9.17, 15) is 4.79 Å². The summed E-state index contributed by atoms with van der Waals surface area (Å²) in [5, 5.41) is 5.32. The van der Waals surface area contributed by atoms with Crippen molar-refractivity contribution in [3.8, 4) is 0 Å². The lowest BCUT2D eigenvalue weighted by molar-refractivity contribution is -0.143. The molecule has 2 rings (SSSR count). The van der Waals surface area contributed by atoms with E-state index < -0.39 is 0 Å². The predicted octanol–water partition coefficient (Wildman–Crippen LogP) is 1.57. The molecular weight excluding hydrogens is 218 g/mol. The third-order valence-electron chi connectivity index (χ3n) is 2.43. The molecule has 0 amide bonds. The lowest BCUT2D eigenvalue weighted by atomic mass is 10.2. The second kappa shape index (κ2) is 4.86. The highest BCUT2D eigenvalue weighted by Gasteiger charge is 2.04. The molecular formula is C12H15N3O2. The number of hydrogen-bond donors (Lipinski definition) is 1. The average molecular weight is 233 g/mol. The van der Waals surface area contributed by atoms with Gasteiger partial charge >= 0.3 is 5.97 Å². The maximum absolute atomic E-state index is 11.2. The number of nitrogen functional groups attached to an aromatic ring is 1. The van der Waals surface area contributed by atoms with Crippen molar-refractivity contribution in [2.75, 3.05) is 12.3 Å². The Morgan fingerprint density at radius 1 is 1.53 bits per heavy atom. The van der Waals surface area contributed by atoms with Crippen LogP contribution in [0.25, 0.3) is 10.9 Å². The molecule has 2 aromatic rings.